The van der Waals surface area contributed by atoms with Crippen molar-refractivity contribution in [1.82, 2.24) is 0 Å². The Hall–Kier alpha value is 0.350. The van der Waals surface area contributed by atoms with Gasteiger partial charge in [-0.1, -0.05) is 12.6 Å². The molecule has 0 spiro atoms. The normalized spacial score (nSPS) is 26.2. The predicted molar refractivity (Wildman–Crippen MR) is 20.6 cm³/mol. The van der Waals surface area contributed by atoms with Gasteiger partial charge in [0.1, 0.15) is 0 Å². The maximum Gasteiger partial charge on any atom is 0.0152 e. The summed E-state index contributed by atoms with van der Waals surface area (Å²) in [6.07, 6.45) is 2.60. The molecule has 0 saturated heterocycles. The molecule has 0 amide bonds. The third-order valence-corrected chi connectivity index (χ3v) is 0.996. The average molecular weight is 73.1 g/mol. The van der Waals surface area contributed by atoms with Crippen molar-refractivity contribution in [2.45, 2.75) is 18.1 Å². The van der Waals surface area contributed by atoms with E-state index in [1.807, 2.05) is 0 Å². The van der Waals surface area contributed by atoms with E-state index in [2.05, 4.69) is 0 Å². The predicted octanol–water partition coefficient (Wildman–Crippen LogP) is 1.35. The monoisotopic (exact) mass is 73.0 g/mol. The largest absolute Gasteiger partial charge is 0.0904 e. The molecule has 0 aliphatic heterocycles. The van der Waals surface area contributed by atoms with Crippen LogP contribution in [0.2, 0.25) is 0 Å². The molecule has 0 aromatic rings. The van der Waals surface area contributed by atoms with Crippen LogP contribution in [-0.2, 0) is 0 Å². The highest BCUT2D eigenvalue weighted by molar-refractivity contribution is 7.81. The third kappa shape index (κ3) is 0.382. The van der Waals surface area contributed by atoms with Gasteiger partial charge in [0.05, 0.1) is 0 Å². The van der Waals surface area contributed by atoms with E-state index in [4.69, 9.17) is 12.6 Å². The van der Waals surface area contributed by atoms with Crippen LogP contribution in [0.1, 0.15) is 12.8 Å². The van der Waals surface area contributed by atoms with E-state index in [-0.39, 0.29) is 0 Å². The van der Waals surface area contributed by atoms with Crippen molar-refractivity contribution >= 4 is 12.6 Å². The molecule has 1 fully saturated rings. The number of rotatable bonds is 0. The van der Waals surface area contributed by atoms with Gasteiger partial charge >= 0.3 is 0 Å². The van der Waals surface area contributed by atoms with Crippen molar-refractivity contribution in [1.29, 1.82) is 0 Å². The lowest BCUT2D eigenvalue weighted by Gasteiger charge is -1.50. The molecule has 0 unspecified atom stereocenters. The maximum absolute atomic E-state index is 4.73. The molecular formula is C3H5S. The molecule has 1 heteroatoms. The van der Waals surface area contributed by atoms with Crippen molar-refractivity contribution in [3.05, 3.63) is 0 Å². The molecule has 0 nitrogen and oxygen atoms in total. The van der Waals surface area contributed by atoms with E-state index >= 15 is 0 Å². The fourth-order valence-electron chi connectivity index (χ4n) is 0.0680. The Morgan fingerprint density at radius 2 is 1.75 bits per heavy atom. The van der Waals surface area contributed by atoms with Gasteiger partial charge in [-0.25, -0.2) is 0 Å². The molecule has 4 heavy (non-hydrogen) atoms. The Bertz CT molecular complexity index is 22.5. The van der Waals surface area contributed by atoms with Gasteiger partial charge in [-0.2, -0.15) is 0 Å². The summed E-state index contributed by atoms with van der Waals surface area (Å²) in [5.74, 6) is 0. The smallest absolute Gasteiger partial charge is 0.0152 e. The lowest BCUT2D eigenvalue weighted by Crippen LogP contribution is -1.45. The molecule has 0 heterocycles. The second kappa shape index (κ2) is 0.646. The first-order chi connectivity index (χ1) is 1.89. The molecule has 1 saturated carbocycles. The van der Waals surface area contributed by atoms with Crippen LogP contribution in [-0.4, -0.2) is 5.25 Å². The molecule has 0 bridgehead atoms. The van der Waals surface area contributed by atoms with E-state index in [9.17, 15) is 0 Å². The van der Waals surface area contributed by atoms with Crippen LogP contribution in [0.3, 0.4) is 0 Å². The van der Waals surface area contributed by atoms with E-state index < -0.39 is 0 Å². The number of hydrogen-bond acceptors (Lipinski definition) is 0. The van der Waals surface area contributed by atoms with Crippen LogP contribution in [0, 0.1) is 0 Å². The van der Waals surface area contributed by atoms with Crippen LogP contribution < -0.4 is 0 Å². The van der Waals surface area contributed by atoms with E-state index in [1.165, 1.54) is 12.8 Å². The summed E-state index contributed by atoms with van der Waals surface area (Å²) in [6, 6.07) is 0. The highest BCUT2D eigenvalue weighted by Gasteiger charge is 2.15. The van der Waals surface area contributed by atoms with Crippen LogP contribution in [0.15, 0.2) is 0 Å². The molecular weight excluding hydrogens is 68.1 g/mol. The van der Waals surface area contributed by atoms with Crippen molar-refractivity contribution in [2.75, 3.05) is 0 Å². The standard InChI is InChI=1S/C3H5S/c4-3-1-2-3/h3H,1-2H2. The summed E-state index contributed by atoms with van der Waals surface area (Å²) in [5.41, 5.74) is 0. The van der Waals surface area contributed by atoms with Gasteiger partial charge in [-0.15, -0.1) is 0 Å². The minimum atomic E-state index is 0.667. The minimum absolute atomic E-state index is 0.667. The second-order valence-corrected chi connectivity index (χ2v) is 1.87. The fraction of sp³-hybridized carbons (Fsp3) is 1.00. The third-order valence-electron chi connectivity index (χ3n) is 0.524. The number of hydrogen-bond donors (Lipinski definition) is 0. The SMILES string of the molecule is [S]C1CC1. The molecule has 1 radical (unpaired) electrons. The van der Waals surface area contributed by atoms with Gasteiger partial charge < -0.3 is 0 Å². The molecule has 0 aromatic heterocycles. The Kier molecular flexibility index (Phi) is 0.417. The highest BCUT2D eigenvalue weighted by atomic mass is 32.1. The topological polar surface area (TPSA) is 0 Å². The van der Waals surface area contributed by atoms with Crippen LogP contribution in [0.25, 0.3) is 0 Å². The molecule has 23 valence electrons. The summed E-state index contributed by atoms with van der Waals surface area (Å²) in [6.45, 7) is 0. The van der Waals surface area contributed by atoms with Gasteiger partial charge in [0.2, 0.25) is 0 Å². The van der Waals surface area contributed by atoms with Crippen molar-refractivity contribution in [2.24, 2.45) is 0 Å². The molecule has 1 aliphatic rings. The quantitative estimate of drug-likeness (QED) is 0.406. The second-order valence-electron chi connectivity index (χ2n) is 1.20. The molecule has 1 rings (SSSR count). The van der Waals surface area contributed by atoms with Crippen LogP contribution in [0.5, 0.6) is 0 Å². The van der Waals surface area contributed by atoms with Gasteiger partial charge in [0, 0.05) is 5.25 Å². The van der Waals surface area contributed by atoms with Gasteiger partial charge in [-0.3, -0.25) is 0 Å². The lowest BCUT2D eigenvalue weighted by molar-refractivity contribution is 1.50. The summed E-state index contributed by atoms with van der Waals surface area (Å²) in [7, 11) is 0. The first-order valence-electron chi connectivity index (χ1n) is 1.55. The van der Waals surface area contributed by atoms with E-state index in [0.29, 0.717) is 5.25 Å². The summed E-state index contributed by atoms with van der Waals surface area (Å²) < 4.78 is 0. The Morgan fingerprint density at radius 1 is 1.50 bits per heavy atom. The van der Waals surface area contributed by atoms with E-state index in [1.54, 1.807) is 0 Å². The lowest BCUT2D eigenvalue weighted by atomic mass is 11.0. The Morgan fingerprint density at radius 3 is 1.75 bits per heavy atom. The summed E-state index contributed by atoms with van der Waals surface area (Å²) >= 11 is 4.73. The van der Waals surface area contributed by atoms with Crippen molar-refractivity contribution in [3.63, 3.8) is 0 Å². The van der Waals surface area contributed by atoms with Crippen LogP contribution >= 0.6 is 12.6 Å². The molecule has 0 atom stereocenters. The summed E-state index contributed by atoms with van der Waals surface area (Å²) in [4.78, 5) is 0. The zero-order valence-electron chi connectivity index (χ0n) is 2.40. The average Bonchev–Trinajstić information content (AvgIpc) is 1.75. The Labute approximate surface area is 31.6 Å². The minimum Gasteiger partial charge on any atom is -0.0904 e. The van der Waals surface area contributed by atoms with Gasteiger partial charge in [-0.05, 0) is 12.8 Å². The van der Waals surface area contributed by atoms with Gasteiger partial charge in [0.25, 0.3) is 0 Å². The van der Waals surface area contributed by atoms with Crippen LogP contribution in [0.4, 0.5) is 0 Å². The molecule has 0 N–H and O–H groups in total. The van der Waals surface area contributed by atoms with E-state index in [0.717, 1.165) is 0 Å². The molecule has 1 aliphatic carbocycles. The first-order valence-corrected chi connectivity index (χ1v) is 2.02. The zero-order valence-corrected chi connectivity index (χ0v) is 3.22. The fourth-order valence-corrected chi connectivity index (χ4v) is 0.204. The molecule has 0 aromatic carbocycles. The van der Waals surface area contributed by atoms with Crippen molar-refractivity contribution < 1.29 is 0 Å². The first kappa shape index (κ1) is 2.58. The highest BCUT2D eigenvalue weighted by Crippen LogP contribution is 2.24. The summed E-state index contributed by atoms with van der Waals surface area (Å²) in [5, 5.41) is 0.667. The zero-order chi connectivity index (χ0) is 2.99. The Balaban J connectivity index is 2.17. The van der Waals surface area contributed by atoms with Crippen molar-refractivity contribution in [3.8, 4) is 0 Å². The van der Waals surface area contributed by atoms with Gasteiger partial charge in [0.15, 0.2) is 0 Å². The maximum atomic E-state index is 4.73.